The van der Waals surface area contributed by atoms with E-state index in [1.54, 1.807) is 20.3 Å². The molecule has 1 unspecified atom stereocenters. The molecule has 0 aliphatic heterocycles. The molecule has 1 atom stereocenters. The Morgan fingerprint density at radius 3 is 2.29 bits per heavy atom. The monoisotopic (exact) mass is 307 g/mol. The smallest absolute Gasteiger partial charge is 0.127 e. The van der Waals surface area contributed by atoms with Crippen LogP contribution in [-0.4, -0.2) is 20.0 Å². The molecule has 0 heterocycles. The molecule has 0 aromatic heterocycles. The van der Waals surface area contributed by atoms with Crippen molar-refractivity contribution in [3.8, 4) is 11.5 Å². The Kier molecular flexibility index (Phi) is 5.47. The van der Waals surface area contributed by atoms with Crippen molar-refractivity contribution in [2.24, 2.45) is 5.73 Å². The molecule has 0 radical (unpaired) electrons. The van der Waals surface area contributed by atoms with Gasteiger partial charge in [0.25, 0.3) is 0 Å². The average Bonchev–Trinajstić information content (AvgIpc) is 2.51. The van der Waals surface area contributed by atoms with Gasteiger partial charge in [0.15, 0.2) is 0 Å². The summed E-state index contributed by atoms with van der Waals surface area (Å²) in [6, 6.07) is 11.8. The van der Waals surface area contributed by atoms with Gasteiger partial charge in [-0.25, -0.2) is 4.39 Å². The third-order valence-corrected chi connectivity index (χ3v) is 4.18. The number of benzene rings is 2. The van der Waals surface area contributed by atoms with Gasteiger partial charge < -0.3 is 15.2 Å². The summed E-state index contributed by atoms with van der Waals surface area (Å²) in [5.74, 6) is 1.74. The van der Waals surface area contributed by atoms with Gasteiger partial charge in [0.2, 0.25) is 0 Å². The zero-order valence-electron chi connectivity index (χ0n) is 12.0. The van der Waals surface area contributed by atoms with Crippen LogP contribution < -0.4 is 15.2 Å². The van der Waals surface area contributed by atoms with Crippen LogP contribution >= 0.6 is 11.8 Å². The highest BCUT2D eigenvalue weighted by Gasteiger charge is 2.17. The van der Waals surface area contributed by atoms with Crippen molar-refractivity contribution in [1.82, 2.24) is 0 Å². The van der Waals surface area contributed by atoms with E-state index in [1.807, 2.05) is 24.3 Å². The summed E-state index contributed by atoms with van der Waals surface area (Å²) in [6.07, 6.45) is 0. The second-order valence-corrected chi connectivity index (χ2v) is 5.54. The molecule has 0 spiro atoms. The van der Waals surface area contributed by atoms with E-state index in [0.29, 0.717) is 17.3 Å². The van der Waals surface area contributed by atoms with Crippen LogP contribution in [0.3, 0.4) is 0 Å². The van der Waals surface area contributed by atoms with Crippen LogP contribution in [0.4, 0.5) is 4.39 Å². The molecule has 2 aromatic carbocycles. The fraction of sp³-hybridized carbons (Fsp3) is 0.250. The zero-order valence-corrected chi connectivity index (χ0v) is 12.8. The molecule has 21 heavy (non-hydrogen) atoms. The van der Waals surface area contributed by atoms with Crippen molar-refractivity contribution >= 4 is 11.8 Å². The number of ether oxygens (including phenoxy) is 2. The lowest BCUT2D eigenvalue weighted by atomic mass is 10.1. The molecule has 0 saturated carbocycles. The molecule has 2 N–H and O–H groups in total. The van der Waals surface area contributed by atoms with E-state index in [1.165, 1.54) is 23.9 Å². The third-order valence-electron chi connectivity index (χ3n) is 3.06. The predicted octanol–water partition coefficient (Wildman–Crippen LogP) is 3.64. The van der Waals surface area contributed by atoms with E-state index in [2.05, 4.69) is 0 Å². The molecular weight excluding hydrogens is 289 g/mol. The minimum Gasteiger partial charge on any atom is -0.496 e. The van der Waals surface area contributed by atoms with Crippen LogP contribution in [0.15, 0.2) is 47.4 Å². The van der Waals surface area contributed by atoms with Gasteiger partial charge in [-0.05, 0) is 30.3 Å². The summed E-state index contributed by atoms with van der Waals surface area (Å²) in [5, 5.41) is 0. The normalized spacial score (nSPS) is 12.0. The third kappa shape index (κ3) is 3.89. The van der Waals surface area contributed by atoms with Crippen LogP contribution in [0.5, 0.6) is 11.5 Å². The summed E-state index contributed by atoms with van der Waals surface area (Å²) < 4.78 is 23.9. The first-order valence-corrected chi connectivity index (χ1v) is 7.49. The molecule has 0 amide bonds. The minimum absolute atomic E-state index is 0.247. The fourth-order valence-electron chi connectivity index (χ4n) is 2.07. The molecule has 2 aromatic rings. The minimum atomic E-state index is -0.274. The number of methoxy groups -OCH3 is 2. The van der Waals surface area contributed by atoms with Crippen molar-refractivity contribution in [3.05, 3.63) is 53.8 Å². The number of rotatable bonds is 6. The molecule has 0 bridgehead atoms. The topological polar surface area (TPSA) is 44.5 Å². The predicted molar refractivity (Wildman–Crippen MR) is 83.6 cm³/mol. The molecule has 0 saturated heterocycles. The van der Waals surface area contributed by atoms with Gasteiger partial charge in [0.05, 0.1) is 19.8 Å². The lowest BCUT2D eigenvalue weighted by molar-refractivity contribution is 0.381. The highest BCUT2D eigenvalue weighted by atomic mass is 32.2. The van der Waals surface area contributed by atoms with Gasteiger partial charge in [0, 0.05) is 16.7 Å². The number of hydrogen-bond donors (Lipinski definition) is 1. The van der Waals surface area contributed by atoms with Crippen LogP contribution in [0.2, 0.25) is 0 Å². The molecular formula is C16H18FNO2S. The van der Waals surface area contributed by atoms with Crippen LogP contribution in [-0.2, 0) is 0 Å². The Balaban J connectivity index is 2.15. The second-order valence-electron chi connectivity index (χ2n) is 4.45. The average molecular weight is 307 g/mol. The fourth-order valence-corrected chi connectivity index (χ4v) is 2.98. The molecule has 3 nitrogen and oxygen atoms in total. The van der Waals surface area contributed by atoms with Crippen molar-refractivity contribution in [2.75, 3.05) is 20.0 Å². The molecule has 0 fully saturated rings. The van der Waals surface area contributed by atoms with Crippen LogP contribution in [0.1, 0.15) is 11.6 Å². The molecule has 2 rings (SSSR count). The number of hydrogen-bond acceptors (Lipinski definition) is 4. The first kappa shape index (κ1) is 15.7. The standard InChI is InChI=1S/C16H18FNO2S/c1-19-14-7-4-8-15(20-2)16(14)13(18)10-21-12-6-3-5-11(17)9-12/h3-9,13H,10,18H2,1-2H3. The van der Waals surface area contributed by atoms with Gasteiger partial charge >= 0.3 is 0 Å². The molecule has 0 aliphatic rings. The van der Waals surface area contributed by atoms with Gasteiger partial charge in [-0.1, -0.05) is 12.1 Å². The Bertz CT molecular complexity index is 584. The van der Waals surface area contributed by atoms with E-state index in [4.69, 9.17) is 15.2 Å². The summed E-state index contributed by atoms with van der Waals surface area (Å²) in [7, 11) is 3.20. The Morgan fingerprint density at radius 1 is 1.10 bits per heavy atom. The Labute approximate surface area is 128 Å². The van der Waals surface area contributed by atoms with Gasteiger partial charge in [-0.15, -0.1) is 11.8 Å². The summed E-state index contributed by atoms with van der Waals surface area (Å²) >= 11 is 1.50. The molecule has 0 aliphatic carbocycles. The van der Waals surface area contributed by atoms with Crippen LogP contribution in [0.25, 0.3) is 0 Å². The Morgan fingerprint density at radius 2 is 1.71 bits per heavy atom. The Hall–Kier alpha value is -1.72. The van der Waals surface area contributed by atoms with Crippen LogP contribution in [0, 0.1) is 5.82 Å². The maximum atomic E-state index is 13.2. The van der Waals surface area contributed by atoms with E-state index in [9.17, 15) is 4.39 Å². The number of halogens is 1. The van der Waals surface area contributed by atoms with E-state index >= 15 is 0 Å². The largest absolute Gasteiger partial charge is 0.496 e. The van der Waals surface area contributed by atoms with Crippen molar-refractivity contribution in [3.63, 3.8) is 0 Å². The first-order chi connectivity index (χ1) is 10.2. The molecule has 5 heteroatoms. The first-order valence-electron chi connectivity index (χ1n) is 6.50. The lowest BCUT2D eigenvalue weighted by Crippen LogP contribution is -2.15. The number of nitrogens with two attached hydrogens (primary N) is 1. The van der Waals surface area contributed by atoms with Gasteiger partial charge in [0.1, 0.15) is 17.3 Å². The molecule has 112 valence electrons. The van der Waals surface area contributed by atoms with Crippen molar-refractivity contribution < 1.29 is 13.9 Å². The van der Waals surface area contributed by atoms with E-state index in [-0.39, 0.29) is 11.9 Å². The van der Waals surface area contributed by atoms with Gasteiger partial charge in [-0.2, -0.15) is 0 Å². The van der Waals surface area contributed by atoms with E-state index < -0.39 is 0 Å². The van der Waals surface area contributed by atoms with Gasteiger partial charge in [-0.3, -0.25) is 0 Å². The summed E-state index contributed by atoms with van der Waals surface area (Å²) in [5.41, 5.74) is 7.08. The maximum absolute atomic E-state index is 13.2. The maximum Gasteiger partial charge on any atom is 0.127 e. The van der Waals surface area contributed by atoms with Crippen molar-refractivity contribution in [1.29, 1.82) is 0 Å². The highest BCUT2D eigenvalue weighted by molar-refractivity contribution is 7.99. The number of thioether (sulfide) groups is 1. The van der Waals surface area contributed by atoms with Crippen molar-refractivity contribution in [2.45, 2.75) is 10.9 Å². The van der Waals surface area contributed by atoms with E-state index in [0.717, 1.165) is 10.5 Å². The summed E-state index contributed by atoms with van der Waals surface area (Å²) in [4.78, 5) is 0.847. The zero-order chi connectivity index (χ0) is 15.2. The lowest BCUT2D eigenvalue weighted by Gasteiger charge is -2.18. The summed E-state index contributed by atoms with van der Waals surface area (Å²) in [6.45, 7) is 0. The second kappa shape index (κ2) is 7.33. The highest BCUT2D eigenvalue weighted by Crippen LogP contribution is 2.35. The SMILES string of the molecule is COc1cccc(OC)c1C(N)CSc1cccc(F)c1. The quantitative estimate of drug-likeness (QED) is 0.828.